The Morgan fingerprint density at radius 1 is 1.21 bits per heavy atom. The van der Waals surface area contributed by atoms with E-state index in [1.54, 1.807) is 0 Å². The van der Waals surface area contributed by atoms with Crippen molar-refractivity contribution in [3.63, 3.8) is 0 Å². The van der Waals surface area contributed by atoms with E-state index in [9.17, 15) is 15.2 Å². The SMILES string of the molecule is CCC1O[C@@H](O[C@H]([C@H](O)CCP=O)[C@H](CO[Si](C)(C)C(C)(C)C)OCc2ccccc2)C(N=[N+]=[N-])[C@@H](C)[C@@H]1C. The van der Waals surface area contributed by atoms with Crippen molar-refractivity contribution in [2.45, 2.75) is 116 Å². The Bertz CT molecular complexity index is 928. The molecule has 0 spiro atoms. The van der Waals surface area contributed by atoms with E-state index in [2.05, 4.69) is 57.7 Å². The van der Waals surface area contributed by atoms with E-state index in [0.29, 0.717) is 6.61 Å². The summed E-state index contributed by atoms with van der Waals surface area (Å²) in [7, 11) is -2.22. The predicted octanol–water partition coefficient (Wildman–Crippen LogP) is 7.11. The van der Waals surface area contributed by atoms with Crippen molar-refractivity contribution in [2.75, 3.05) is 12.8 Å². The van der Waals surface area contributed by atoms with E-state index in [1.807, 2.05) is 37.3 Å². The van der Waals surface area contributed by atoms with Crippen molar-refractivity contribution < 1.29 is 28.3 Å². The standard InChI is InChI=1S/C28H48N3O6PSi/c1-9-23-19(2)20(3)25(30-31-29)27(36-23)37-26(22(32)15-16-38-33)24(18-35-39(7,8)28(4,5)6)34-17-21-13-11-10-12-14-21/h10-14,19-20,22-27,32H,9,15-18H2,1-8H3/t19-,20-,22+,23?,24-,25?,26+,27-/m0/s1. The molecule has 8 atom stereocenters. The number of rotatable bonds is 15. The van der Waals surface area contributed by atoms with Gasteiger partial charge in [-0.25, -0.2) is 0 Å². The van der Waals surface area contributed by atoms with Gasteiger partial charge in [-0.2, -0.15) is 0 Å². The van der Waals surface area contributed by atoms with E-state index in [1.165, 1.54) is 0 Å². The predicted molar refractivity (Wildman–Crippen MR) is 156 cm³/mol. The Morgan fingerprint density at radius 2 is 1.87 bits per heavy atom. The molecule has 1 aliphatic heterocycles. The van der Waals surface area contributed by atoms with Crippen LogP contribution >= 0.6 is 8.46 Å². The molecule has 2 unspecified atom stereocenters. The molecule has 1 aromatic rings. The van der Waals surface area contributed by atoms with Gasteiger partial charge in [-0.3, -0.25) is 4.57 Å². The Kier molecular flexibility index (Phi) is 13.5. The van der Waals surface area contributed by atoms with Gasteiger partial charge < -0.3 is 23.7 Å². The van der Waals surface area contributed by atoms with Gasteiger partial charge in [-0.05, 0) is 53.9 Å². The highest BCUT2D eigenvalue weighted by molar-refractivity contribution is 7.23. The largest absolute Gasteiger partial charge is 0.414 e. The molecule has 39 heavy (non-hydrogen) atoms. The highest BCUT2D eigenvalue weighted by Crippen LogP contribution is 2.38. The third-order valence-corrected chi connectivity index (χ3v) is 13.3. The van der Waals surface area contributed by atoms with E-state index >= 15 is 0 Å². The quantitative estimate of drug-likeness (QED) is 0.0774. The molecule has 11 heteroatoms. The van der Waals surface area contributed by atoms with Gasteiger partial charge in [0.25, 0.3) is 0 Å². The minimum atomic E-state index is -2.16. The van der Waals surface area contributed by atoms with Gasteiger partial charge in [0.05, 0.1) is 31.5 Å². The summed E-state index contributed by atoms with van der Waals surface area (Å²) in [5, 5.41) is 15.4. The number of aliphatic hydroxyl groups is 1. The van der Waals surface area contributed by atoms with Crippen molar-refractivity contribution in [2.24, 2.45) is 17.0 Å². The zero-order valence-electron chi connectivity index (χ0n) is 24.8. The summed E-state index contributed by atoms with van der Waals surface area (Å²) >= 11 is 0. The van der Waals surface area contributed by atoms with Crippen LogP contribution in [0, 0.1) is 11.8 Å². The normalized spacial score (nSPS) is 26.5. The molecular formula is C28H48N3O6PSi. The lowest BCUT2D eigenvalue weighted by molar-refractivity contribution is -0.276. The Hall–Kier alpha value is -1.35. The second-order valence-electron chi connectivity index (χ2n) is 12.1. The molecule has 1 saturated heterocycles. The summed E-state index contributed by atoms with van der Waals surface area (Å²) in [6, 6.07) is 9.22. The lowest BCUT2D eigenvalue weighted by atomic mass is 9.81. The summed E-state index contributed by atoms with van der Waals surface area (Å²) in [6.45, 7) is 17.5. The molecule has 1 fully saturated rings. The van der Waals surface area contributed by atoms with Gasteiger partial charge in [-0.15, -0.1) is 0 Å². The summed E-state index contributed by atoms with van der Waals surface area (Å²) in [6.07, 6.45) is -2.17. The lowest BCUT2D eigenvalue weighted by Crippen LogP contribution is -2.55. The average molecular weight is 582 g/mol. The second kappa shape index (κ2) is 15.6. The maximum absolute atomic E-state index is 11.3. The molecule has 1 heterocycles. The second-order valence-corrected chi connectivity index (χ2v) is 17.6. The van der Waals surface area contributed by atoms with Crippen molar-refractivity contribution in [3.05, 3.63) is 46.3 Å². The topological polar surface area (TPSA) is 123 Å². The fourth-order valence-corrected chi connectivity index (χ4v) is 5.91. The summed E-state index contributed by atoms with van der Waals surface area (Å²) in [5.74, 6) is 0.176. The first-order valence-corrected chi connectivity index (χ1v) is 17.9. The highest BCUT2D eigenvalue weighted by atomic mass is 31.1. The Labute approximate surface area is 236 Å². The number of benzene rings is 1. The van der Waals surface area contributed by atoms with Crippen LogP contribution < -0.4 is 0 Å². The lowest BCUT2D eigenvalue weighted by Gasteiger charge is -2.45. The van der Waals surface area contributed by atoms with Gasteiger partial charge in [0, 0.05) is 11.1 Å². The molecule has 0 amide bonds. The summed E-state index contributed by atoms with van der Waals surface area (Å²) < 4.78 is 37.1. The first kappa shape index (κ1) is 33.9. The summed E-state index contributed by atoms with van der Waals surface area (Å²) in [5.41, 5.74) is 10.3. The molecule has 1 N–H and O–H groups in total. The van der Waals surface area contributed by atoms with Crippen LogP contribution in [0.15, 0.2) is 35.4 Å². The van der Waals surface area contributed by atoms with Crippen LogP contribution in [0.2, 0.25) is 18.1 Å². The molecule has 0 aliphatic carbocycles. The zero-order chi connectivity index (χ0) is 29.2. The maximum Gasteiger partial charge on any atom is 0.192 e. The molecule has 0 aromatic heterocycles. The molecule has 220 valence electrons. The Morgan fingerprint density at radius 3 is 2.44 bits per heavy atom. The average Bonchev–Trinajstić information content (AvgIpc) is 2.90. The fraction of sp³-hybridized carbons (Fsp3) is 0.786. The van der Waals surface area contributed by atoms with Crippen molar-refractivity contribution in [3.8, 4) is 0 Å². The molecule has 0 bridgehead atoms. The summed E-state index contributed by atoms with van der Waals surface area (Å²) in [4.78, 5) is 3.07. The van der Waals surface area contributed by atoms with E-state index in [4.69, 9.17) is 18.6 Å². The van der Waals surface area contributed by atoms with Gasteiger partial charge >= 0.3 is 0 Å². The zero-order valence-corrected chi connectivity index (χ0v) is 26.7. The van der Waals surface area contributed by atoms with Gasteiger partial charge in [0.1, 0.15) is 12.2 Å². The number of azide groups is 1. The van der Waals surface area contributed by atoms with Crippen LogP contribution in [0.1, 0.15) is 59.9 Å². The first-order valence-electron chi connectivity index (χ1n) is 14.0. The highest BCUT2D eigenvalue weighted by Gasteiger charge is 2.45. The number of ether oxygens (including phenoxy) is 3. The first-order chi connectivity index (χ1) is 18.4. The van der Waals surface area contributed by atoms with Crippen molar-refractivity contribution in [1.82, 2.24) is 0 Å². The Balaban J connectivity index is 2.42. The van der Waals surface area contributed by atoms with Crippen molar-refractivity contribution in [1.29, 1.82) is 0 Å². The molecule has 1 aliphatic rings. The smallest absolute Gasteiger partial charge is 0.192 e. The maximum atomic E-state index is 11.3. The van der Waals surface area contributed by atoms with Crippen LogP contribution in [0.25, 0.3) is 10.4 Å². The molecule has 9 nitrogen and oxygen atoms in total. The number of hydrogen-bond donors (Lipinski definition) is 1. The van der Waals surface area contributed by atoms with Crippen LogP contribution in [0.3, 0.4) is 0 Å². The molecule has 2 rings (SSSR count). The van der Waals surface area contributed by atoms with E-state index < -0.39 is 39.0 Å². The van der Waals surface area contributed by atoms with Crippen LogP contribution in [-0.4, -0.2) is 62.9 Å². The van der Waals surface area contributed by atoms with Crippen LogP contribution in [0.5, 0.6) is 0 Å². The third-order valence-electron chi connectivity index (χ3n) is 8.40. The van der Waals surface area contributed by atoms with Gasteiger partial charge in [-0.1, -0.05) is 77.0 Å². The molecular weight excluding hydrogens is 533 g/mol. The number of nitrogens with zero attached hydrogens (tertiary/aromatic N) is 3. The van der Waals surface area contributed by atoms with Crippen LogP contribution in [-0.2, 0) is 29.8 Å². The molecule has 1 aromatic carbocycles. The number of hydrogen-bond acceptors (Lipinski definition) is 7. The third kappa shape index (κ3) is 9.61. The molecule has 0 saturated carbocycles. The van der Waals surface area contributed by atoms with E-state index in [-0.39, 0.29) is 50.6 Å². The van der Waals surface area contributed by atoms with Crippen molar-refractivity contribution >= 4 is 16.8 Å². The minimum Gasteiger partial charge on any atom is -0.414 e. The molecule has 0 radical (unpaired) electrons. The monoisotopic (exact) mass is 581 g/mol. The van der Waals surface area contributed by atoms with E-state index in [0.717, 1.165) is 12.0 Å². The van der Waals surface area contributed by atoms with Crippen LogP contribution in [0.4, 0.5) is 0 Å². The van der Waals surface area contributed by atoms with Gasteiger partial charge in [0.15, 0.2) is 23.1 Å². The fourth-order valence-electron chi connectivity index (χ4n) is 4.53. The minimum absolute atomic E-state index is 0.00900. The number of aliphatic hydroxyl groups excluding tert-OH is 1. The van der Waals surface area contributed by atoms with Gasteiger partial charge in [0.2, 0.25) is 0 Å².